The third-order valence-electron chi connectivity index (χ3n) is 3.69. The molecule has 3 rings (SSSR count). The highest BCUT2D eigenvalue weighted by Crippen LogP contribution is 2.30. The molecule has 2 unspecified atom stereocenters. The molecule has 2 atom stereocenters. The van der Waals surface area contributed by atoms with Gasteiger partial charge in [0.05, 0.1) is 12.1 Å². The third kappa shape index (κ3) is 3.80. The molecule has 0 saturated carbocycles. The van der Waals surface area contributed by atoms with E-state index in [9.17, 15) is 18.3 Å². The van der Waals surface area contributed by atoms with E-state index in [1.807, 2.05) is 30.3 Å². The lowest BCUT2D eigenvalue weighted by Crippen LogP contribution is -2.29. The number of para-hydroxylation sites is 1. The van der Waals surface area contributed by atoms with E-state index in [2.05, 4.69) is 0 Å². The average molecular weight is 339 g/mol. The quantitative estimate of drug-likeness (QED) is 0.928. The van der Waals surface area contributed by atoms with Crippen LogP contribution in [0, 0.1) is 0 Å². The zero-order valence-corrected chi connectivity index (χ0v) is 12.6. The molecule has 1 aliphatic rings. The summed E-state index contributed by atoms with van der Waals surface area (Å²) in [6.45, 7) is 0.553. The zero-order valence-electron chi connectivity index (χ0n) is 12.6. The van der Waals surface area contributed by atoms with Gasteiger partial charge in [-0.25, -0.2) is 0 Å². The second-order valence-corrected chi connectivity index (χ2v) is 5.41. The smallest absolute Gasteiger partial charge is 0.416 e. The van der Waals surface area contributed by atoms with Gasteiger partial charge in [-0.1, -0.05) is 18.2 Å². The summed E-state index contributed by atoms with van der Waals surface area (Å²) in [6.07, 6.45) is -5.83. The van der Waals surface area contributed by atoms with Crippen molar-refractivity contribution in [2.45, 2.75) is 18.7 Å². The number of benzene rings is 2. The summed E-state index contributed by atoms with van der Waals surface area (Å²) in [5, 5.41) is 9.96. The molecule has 128 valence electrons. The summed E-state index contributed by atoms with van der Waals surface area (Å²) < 4.78 is 48.4. The maximum Gasteiger partial charge on any atom is 0.416 e. The SMILES string of the molecule is OC1OC(COc2ccc(C(F)(F)F)cc2)CN1c1ccccc1. The standard InChI is InChI=1S/C17H16F3NO3/c18-17(19,20)12-6-8-14(9-7-12)23-11-15-10-21(16(22)24-15)13-4-2-1-3-5-13/h1-9,15-16,22H,10-11H2. The molecule has 24 heavy (non-hydrogen) atoms. The molecule has 1 aliphatic heterocycles. The summed E-state index contributed by atoms with van der Waals surface area (Å²) in [4.78, 5) is 1.68. The van der Waals surface area contributed by atoms with Crippen LogP contribution in [-0.2, 0) is 10.9 Å². The van der Waals surface area contributed by atoms with Gasteiger partial charge in [0.2, 0.25) is 6.41 Å². The van der Waals surface area contributed by atoms with Gasteiger partial charge in [0.15, 0.2) is 0 Å². The Hall–Kier alpha value is -2.25. The first-order valence-corrected chi connectivity index (χ1v) is 7.39. The monoisotopic (exact) mass is 339 g/mol. The second kappa shape index (κ2) is 6.70. The van der Waals surface area contributed by atoms with Gasteiger partial charge < -0.3 is 19.5 Å². The van der Waals surface area contributed by atoms with Crippen molar-refractivity contribution in [3.8, 4) is 5.75 Å². The Balaban J connectivity index is 1.56. The molecule has 0 spiro atoms. The van der Waals surface area contributed by atoms with Crippen molar-refractivity contribution in [3.05, 3.63) is 60.2 Å². The van der Waals surface area contributed by atoms with E-state index in [-0.39, 0.29) is 12.7 Å². The van der Waals surface area contributed by atoms with E-state index < -0.39 is 18.2 Å². The first-order chi connectivity index (χ1) is 11.4. The maximum absolute atomic E-state index is 12.5. The van der Waals surface area contributed by atoms with Crippen LogP contribution in [0.15, 0.2) is 54.6 Å². The summed E-state index contributed by atoms with van der Waals surface area (Å²) >= 11 is 0. The van der Waals surface area contributed by atoms with Gasteiger partial charge in [-0.05, 0) is 36.4 Å². The Bertz CT molecular complexity index is 661. The third-order valence-corrected chi connectivity index (χ3v) is 3.69. The normalized spacial score (nSPS) is 21.1. The Morgan fingerprint density at radius 3 is 2.38 bits per heavy atom. The second-order valence-electron chi connectivity index (χ2n) is 5.41. The van der Waals surface area contributed by atoms with Gasteiger partial charge in [-0.2, -0.15) is 13.2 Å². The lowest BCUT2D eigenvalue weighted by Gasteiger charge is -2.19. The predicted octanol–water partition coefficient (Wildman–Crippen LogP) is 3.27. The van der Waals surface area contributed by atoms with Gasteiger partial charge in [-0.15, -0.1) is 0 Å². The predicted molar refractivity (Wildman–Crippen MR) is 81.6 cm³/mol. The van der Waals surface area contributed by atoms with E-state index in [0.29, 0.717) is 12.3 Å². The van der Waals surface area contributed by atoms with Gasteiger partial charge in [-0.3, -0.25) is 0 Å². The molecule has 1 fully saturated rings. The summed E-state index contributed by atoms with van der Waals surface area (Å²) in [6, 6.07) is 13.8. The highest BCUT2D eigenvalue weighted by Gasteiger charge is 2.32. The zero-order chi connectivity index (χ0) is 17.2. The summed E-state index contributed by atoms with van der Waals surface area (Å²) in [7, 11) is 0. The number of anilines is 1. The van der Waals surface area contributed by atoms with Crippen molar-refractivity contribution in [2.75, 3.05) is 18.1 Å². The number of aliphatic hydroxyl groups is 1. The fraction of sp³-hybridized carbons (Fsp3) is 0.294. The molecule has 0 aromatic heterocycles. The number of hydrogen-bond acceptors (Lipinski definition) is 4. The molecule has 0 radical (unpaired) electrons. The number of hydrogen-bond donors (Lipinski definition) is 1. The van der Waals surface area contributed by atoms with E-state index in [4.69, 9.17) is 9.47 Å². The molecule has 2 aromatic carbocycles. The van der Waals surface area contributed by atoms with E-state index in [1.165, 1.54) is 12.1 Å². The van der Waals surface area contributed by atoms with Crippen molar-refractivity contribution in [1.29, 1.82) is 0 Å². The van der Waals surface area contributed by atoms with Crippen LogP contribution in [0.4, 0.5) is 18.9 Å². The summed E-state index contributed by atoms with van der Waals surface area (Å²) in [5.41, 5.74) is 0.0969. The average Bonchev–Trinajstić information content (AvgIpc) is 2.94. The van der Waals surface area contributed by atoms with Crippen molar-refractivity contribution < 1.29 is 27.8 Å². The minimum absolute atomic E-state index is 0.131. The fourth-order valence-electron chi connectivity index (χ4n) is 2.47. The van der Waals surface area contributed by atoms with Crippen molar-refractivity contribution in [3.63, 3.8) is 0 Å². The number of halogens is 3. The van der Waals surface area contributed by atoms with Gasteiger partial charge in [0, 0.05) is 5.69 Å². The molecular formula is C17H16F3NO3. The Morgan fingerprint density at radius 2 is 1.75 bits per heavy atom. The molecule has 0 amide bonds. The van der Waals surface area contributed by atoms with Crippen LogP contribution in [0.25, 0.3) is 0 Å². The highest BCUT2D eigenvalue weighted by atomic mass is 19.4. The van der Waals surface area contributed by atoms with E-state index >= 15 is 0 Å². The molecule has 0 bridgehead atoms. The molecule has 1 saturated heterocycles. The maximum atomic E-state index is 12.5. The van der Waals surface area contributed by atoms with Crippen LogP contribution in [0.2, 0.25) is 0 Å². The Labute approximate surface area is 137 Å². The van der Waals surface area contributed by atoms with Crippen LogP contribution in [0.5, 0.6) is 5.75 Å². The first-order valence-electron chi connectivity index (χ1n) is 7.39. The minimum atomic E-state index is -4.37. The number of ether oxygens (including phenoxy) is 2. The molecule has 0 aliphatic carbocycles. The van der Waals surface area contributed by atoms with Crippen LogP contribution < -0.4 is 9.64 Å². The molecular weight excluding hydrogens is 323 g/mol. The van der Waals surface area contributed by atoms with Crippen LogP contribution >= 0.6 is 0 Å². The molecule has 1 heterocycles. The topological polar surface area (TPSA) is 41.9 Å². The molecule has 4 nitrogen and oxygen atoms in total. The first kappa shape index (κ1) is 16.6. The van der Waals surface area contributed by atoms with Gasteiger partial charge in [0.25, 0.3) is 0 Å². The van der Waals surface area contributed by atoms with E-state index in [0.717, 1.165) is 17.8 Å². The number of aliphatic hydroxyl groups excluding tert-OH is 1. The van der Waals surface area contributed by atoms with E-state index in [1.54, 1.807) is 4.90 Å². The van der Waals surface area contributed by atoms with Gasteiger partial charge in [0.1, 0.15) is 18.5 Å². The molecule has 2 aromatic rings. The summed E-state index contributed by atoms with van der Waals surface area (Å²) in [5.74, 6) is 0.319. The highest BCUT2D eigenvalue weighted by molar-refractivity contribution is 5.47. The Kier molecular flexibility index (Phi) is 4.64. The Morgan fingerprint density at radius 1 is 1.08 bits per heavy atom. The van der Waals surface area contributed by atoms with Gasteiger partial charge >= 0.3 is 6.18 Å². The van der Waals surface area contributed by atoms with Crippen molar-refractivity contribution >= 4 is 5.69 Å². The van der Waals surface area contributed by atoms with Crippen molar-refractivity contribution in [2.24, 2.45) is 0 Å². The largest absolute Gasteiger partial charge is 0.491 e. The van der Waals surface area contributed by atoms with Crippen LogP contribution in [0.1, 0.15) is 5.56 Å². The molecule has 1 N–H and O–H groups in total. The lowest BCUT2D eigenvalue weighted by atomic mass is 10.2. The minimum Gasteiger partial charge on any atom is -0.491 e. The van der Waals surface area contributed by atoms with Crippen molar-refractivity contribution in [1.82, 2.24) is 0 Å². The number of alkyl halides is 3. The lowest BCUT2D eigenvalue weighted by molar-refractivity contribution is -0.137. The number of rotatable bonds is 4. The fourth-order valence-corrected chi connectivity index (χ4v) is 2.47. The van der Waals surface area contributed by atoms with Crippen LogP contribution in [-0.4, -0.2) is 30.8 Å². The number of nitrogens with zero attached hydrogens (tertiary/aromatic N) is 1. The van der Waals surface area contributed by atoms with Crippen LogP contribution in [0.3, 0.4) is 0 Å². The molecule has 7 heteroatoms.